The molecule has 1 N–H and O–H groups in total. The van der Waals surface area contributed by atoms with E-state index in [0.29, 0.717) is 0 Å². The van der Waals surface area contributed by atoms with Gasteiger partial charge in [-0.2, -0.15) is 5.10 Å². The third-order valence-electron chi connectivity index (χ3n) is 3.27. The second-order valence-corrected chi connectivity index (χ2v) is 4.29. The van der Waals surface area contributed by atoms with Gasteiger partial charge in [-0.15, -0.1) is 0 Å². The summed E-state index contributed by atoms with van der Waals surface area (Å²) in [5.41, 5.74) is 4.58. The highest BCUT2D eigenvalue weighted by atomic mass is 15.1. The zero-order valence-corrected chi connectivity index (χ0v) is 9.59. The number of aromatic nitrogens is 3. The van der Waals surface area contributed by atoms with Crippen LogP contribution in [-0.2, 0) is 0 Å². The first-order valence-corrected chi connectivity index (χ1v) is 5.84. The Hall–Kier alpha value is -2.55. The topological polar surface area (TPSA) is 33.1 Å². The van der Waals surface area contributed by atoms with Gasteiger partial charge in [-0.3, -0.25) is 5.10 Å². The Bertz CT molecular complexity index is 839. The lowest BCUT2D eigenvalue weighted by atomic mass is 10.0. The number of nitrogens with zero attached hydrogens (tertiary/aromatic N) is 2. The van der Waals surface area contributed by atoms with E-state index in [-0.39, 0.29) is 0 Å². The number of nitrogens with one attached hydrogen (secondary N) is 1. The van der Waals surface area contributed by atoms with Crippen molar-refractivity contribution in [2.24, 2.45) is 0 Å². The van der Waals surface area contributed by atoms with Crippen LogP contribution in [0.3, 0.4) is 0 Å². The maximum absolute atomic E-state index is 4.00. The molecule has 0 aliphatic carbocycles. The average molecular weight is 232 g/mol. The number of aromatic amines is 1. The number of pyridine rings is 1. The lowest BCUT2D eigenvalue weighted by Crippen LogP contribution is -1.81. The summed E-state index contributed by atoms with van der Waals surface area (Å²) in [5, 5.41) is 7.99. The molecule has 0 fully saturated rings. The predicted octanol–water partition coefficient (Wildman–Crippen LogP) is 3.28. The summed E-state index contributed by atoms with van der Waals surface area (Å²) in [6, 6.07) is 14.5. The van der Waals surface area contributed by atoms with Gasteiger partial charge < -0.3 is 4.40 Å². The molecule has 1 aromatic carbocycles. The van der Waals surface area contributed by atoms with Crippen LogP contribution in [0.5, 0.6) is 0 Å². The fourth-order valence-electron chi connectivity index (χ4n) is 2.42. The fraction of sp³-hybridized carbons (Fsp3) is 0. The summed E-state index contributed by atoms with van der Waals surface area (Å²) in [6.45, 7) is 0. The van der Waals surface area contributed by atoms with Gasteiger partial charge in [-0.25, -0.2) is 0 Å². The van der Waals surface area contributed by atoms with E-state index in [2.05, 4.69) is 57.5 Å². The van der Waals surface area contributed by atoms with E-state index >= 15 is 0 Å². The molecule has 85 valence electrons. The van der Waals surface area contributed by atoms with Crippen LogP contribution in [0.2, 0.25) is 0 Å². The monoisotopic (exact) mass is 232 g/mol. The minimum atomic E-state index is 1.02. The van der Waals surface area contributed by atoms with Crippen molar-refractivity contribution in [1.82, 2.24) is 14.6 Å². The van der Waals surface area contributed by atoms with Crippen LogP contribution in [0.1, 0.15) is 0 Å². The summed E-state index contributed by atoms with van der Waals surface area (Å²) in [5.74, 6) is 0. The van der Waals surface area contributed by atoms with Gasteiger partial charge in [0.15, 0.2) is 0 Å². The largest absolute Gasteiger partial charge is 0.323 e. The molecule has 18 heavy (non-hydrogen) atoms. The lowest BCUT2D eigenvalue weighted by molar-refractivity contribution is 1.11. The van der Waals surface area contributed by atoms with E-state index in [0.717, 1.165) is 16.5 Å². The van der Waals surface area contributed by atoms with Crippen LogP contribution in [-0.4, -0.2) is 14.6 Å². The number of benzene rings is 1. The van der Waals surface area contributed by atoms with E-state index < -0.39 is 0 Å². The van der Waals surface area contributed by atoms with Crippen LogP contribution in [0, 0.1) is 6.20 Å². The smallest absolute Gasteiger partial charge is 0.121 e. The van der Waals surface area contributed by atoms with Crippen molar-refractivity contribution in [1.29, 1.82) is 0 Å². The Kier molecular flexibility index (Phi) is 1.83. The zero-order valence-electron chi connectivity index (χ0n) is 9.59. The number of rotatable bonds is 1. The molecule has 0 saturated carbocycles. The van der Waals surface area contributed by atoms with Gasteiger partial charge in [0, 0.05) is 23.3 Å². The van der Waals surface area contributed by atoms with E-state index in [4.69, 9.17) is 0 Å². The molecule has 4 rings (SSSR count). The standard InChI is InChI=1S/C15H10N3/c1-2-8-18-9-7-12(15(18)6-1)11-4-3-5-14-13(11)10-16-17-14/h1-9H,(H,16,17). The first-order valence-electron chi connectivity index (χ1n) is 5.84. The summed E-state index contributed by atoms with van der Waals surface area (Å²) in [4.78, 5) is 0. The minimum Gasteiger partial charge on any atom is -0.323 e. The number of hydrogen-bond acceptors (Lipinski definition) is 1. The molecule has 0 unspecified atom stereocenters. The Labute approximate surface area is 104 Å². The van der Waals surface area contributed by atoms with E-state index in [9.17, 15) is 0 Å². The van der Waals surface area contributed by atoms with Gasteiger partial charge in [0.25, 0.3) is 0 Å². The molecule has 1 radical (unpaired) electrons. The van der Waals surface area contributed by atoms with Gasteiger partial charge in [-0.1, -0.05) is 18.2 Å². The molecule has 3 heteroatoms. The molecule has 0 bridgehead atoms. The van der Waals surface area contributed by atoms with Crippen molar-refractivity contribution in [2.75, 3.05) is 0 Å². The Morgan fingerprint density at radius 1 is 0.944 bits per heavy atom. The third kappa shape index (κ3) is 1.21. The Morgan fingerprint density at radius 2 is 1.94 bits per heavy atom. The second-order valence-electron chi connectivity index (χ2n) is 4.29. The van der Waals surface area contributed by atoms with Crippen molar-refractivity contribution in [3.8, 4) is 11.1 Å². The molecule has 0 aliphatic rings. The van der Waals surface area contributed by atoms with Gasteiger partial charge >= 0.3 is 0 Å². The fourth-order valence-corrected chi connectivity index (χ4v) is 2.42. The van der Waals surface area contributed by atoms with E-state index in [1.807, 2.05) is 18.2 Å². The maximum Gasteiger partial charge on any atom is 0.121 e. The molecule has 3 heterocycles. The molecule has 3 aromatic heterocycles. The quantitative estimate of drug-likeness (QED) is 0.536. The minimum absolute atomic E-state index is 1.02. The molecule has 0 spiro atoms. The third-order valence-corrected chi connectivity index (χ3v) is 3.27. The highest BCUT2D eigenvalue weighted by Crippen LogP contribution is 2.30. The van der Waals surface area contributed by atoms with E-state index in [1.165, 1.54) is 11.1 Å². The average Bonchev–Trinajstić information content (AvgIpc) is 3.05. The Morgan fingerprint density at radius 3 is 2.94 bits per heavy atom. The predicted molar refractivity (Wildman–Crippen MR) is 71.3 cm³/mol. The number of fused-ring (bicyclic) bond motifs is 2. The number of H-pyrrole nitrogens is 1. The van der Waals surface area contributed by atoms with Crippen molar-refractivity contribution in [3.63, 3.8) is 0 Å². The zero-order chi connectivity index (χ0) is 11.9. The van der Waals surface area contributed by atoms with Crippen LogP contribution < -0.4 is 0 Å². The van der Waals surface area contributed by atoms with Gasteiger partial charge in [0.2, 0.25) is 0 Å². The summed E-state index contributed by atoms with van der Waals surface area (Å²) < 4.78 is 2.12. The summed E-state index contributed by atoms with van der Waals surface area (Å²) in [7, 11) is 0. The van der Waals surface area contributed by atoms with Crippen LogP contribution in [0.15, 0.2) is 54.9 Å². The van der Waals surface area contributed by atoms with E-state index in [1.54, 1.807) is 0 Å². The highest BCUT2D eigenvalue weighted by Gasteiger charge is 2.09. The molecule has 3 nitrogen and oxygen atoms in total. The van der Waals surface area contributed by atoms with Crippen molar-refractivity contribution in [2.45, 2.75) is 0 Å². The lowest BCUT2D eigenvalue weighted by Gasteiger charge is -2.02. The SMILES string of the molecule is [c]1n[nH]c2cccc(-c3ccn4ccccc34)c12. The first-order chi connectivity index (χ1) is 8.93. The van der Waals surface area contributed by atoms with Gasteiger partial charge in [0.1, 0.15) is 6.20 Å². The molecule has 0 saturated heterocycles. The van der Waals surface area contributed by atoms with Gasteiger partial charge in [-0.05, 0) is 29.8 Å². The maximum atomic E-state index is 4.00. The number of hydrogen-bond donors (Lipinski definition) is 1. The molecular weight excluding hydrogens is 222 g/mol. The van der Waals surface area contributed by atoms with Gasteiger partial charge in [0.05, 0.1) is 11.0 Å². The summed E-state index contributed by atoms with van der Waals surface area (Å²) in [6.07, 6.45) is 7.15. The first kappa shape index (κ1) is 9.48. The molecule has 0 aliphatic heterocycles. The molecule has 4 aromatic rings. The summed E-state index contributed by atoms with van der Waals surface area (Å²) >= 11 is 0. The Balaban J connectivity index is 2.10. The molecule has 0 atom stereocenters. The highest BCUT2D eigenvalue weighted by molar-refractivity contribution is 5.98. The van der Waals surface area contributed by atoms with Crippen molar-refractivity contribution < 1.29 is 0 Å². The van der Waals surface area contributed by atoms with Crippen LogP contribution in [0.25, 0.3) is 27.5 Å². The van der Waals surface area contributed by atoms with Crippen LogP contribution in [0.4, 0.5) is 0 Å². The van der Waals surface area contributed by atoms with Crippen molar-refractivity contribution >= 4 is 16.4 Å². The molecular formula is C15H10N3. The normalized spacial score (nSPS) is 11.3. The van der Waals surface area contributed by atoms with Crippen molar-refractivity contribution in [3.05, 3.63) is 61.1 Å². The van der Waals surface area contributed by atoms with Crippen LogP contribution >= 0.6 is 0 Å². The second kappa shape index (κ2) is 3.47. The molecule has 0 amide bonds.